The minimum Gasteiger partial charge on any atom is -0.326 e. The van der Waals surface area contributed by atoms with Crippen molar-refractivity contribution in [2.24, 2.45) is 0 Å². The van der Waals surface area contributed by atoms with Gasteiger partial charge in [-0.1, -0.05) is 6.07 Å². The van der Waals surface area contributed by atoms with E-state index in [4.69, 9.17) is 0 Å². The van der Waals surface area contributed by atoms with E-state index in [-0.39, 0.29) is 18.1 Å². The van der Waals surface area contributed by atoms with Crippen LogP contribution in [0.15, 0.2) is 29.2 Å². The normalized spacial score (nSPS) is 10.4. The lowest BCUT2D eigenvalue weighted by molar-refractivity contribution is -0.124. The van der Waals surface area contributed by atoms with E-state index in [0.717, 1.165) is 4.90 Å². The Morgan fingerprint density at radius 3 is 2.65 bits per heavy atom. The summed E-state index contributed by atoms with van der Waals surface area (Å²) in [5.41, 5.74) is 0.711. The summed E-state index contributed by atoms with van der Waals surface area (Å²) >= 11 is 1.57. The Kier molecular flexibility index (Phi) is 5.18. The second-order valence-corrected chi connectivity index (χ2v) is 5.24. The number of benzene rings is 1. The third-order valence-electron chi connectivity index (χ3n) is 1.82. The SMILES string of the molecule is CC(=O)CC(=O)Nc1cccc(SN(C)C)c1. The molecule has 0 aliphatic rings. The molecule has 1 aromatic rings. The van der Waals surface area contributed by atoms with Crippen LogP contribution in [0.3, 0.4) is 0 Å². The molecular weight excluding hydrogens is 236 g/mol. The van der Waals surface area contributed by atoms with Gasteiger partial charge in [-0.05, 0) is 51.2 Å². The van der Waals surface area contributed by atoms with Crippen molar-refractivity contribution in [2.45, 2.75) is 18.2 Å². The van der Waals surface area contributed by atoms with E-state index in [0.29, 0.717) is 5.69 Å². The first-order valence-electron chi connectivity index (χ1n) is 5.22. The van der Waals surface area contributed by atoms with Gasteiger partial charge < -0.3 is 5.32 Å². The Morgan fingerprint density at radius 1 is 1.35 bits per heavy atom. The van der Waals surface area contributed by atoms with E-state index in [1.165, 1.54) is 6.92 Å². The van der Waals surface area contributed by atoms with Crippen molar-refractivity contribution < 1.29 is 9.59 Å². The van der Waals surface area contributed by atoms with Crippen molar-refractivity contribution in [1.29, 1.82) is 0 Å². The van der Waals surface area contributed by atoms with Crippen LogP contribution in [0.25, 0.3) is 0 Å². The number of carbonyl (C=O) groups excluding carboxylic acids is 2. The Bertz CT molecular complexity index is 419. The molecule has 0 saturated heterocycles. The van der Waals surface area contributed by atoms with Gasteiger partial charge in [0.1, 0.15) is 5.78 Å². The van der Waals surface area contributed by atoms with Crippen molar-refractivity contribution in [3.05, 3.63) is 24.3 Å². The molecule has 0 unspecified atom stereocenters. The largest absolute Gasteiger partial charge is 0.326 e. The predicted molar refractivity (Wildman–Crippen MR) is 69.9 cm³/mol. The van der Waals surface area contributed by atoms with Gasteiger partial charge in [0.25, 0.3) is 0 Å². The fraction of sp³-hybridized carbons (Fsp3) is 0.333. The molecule has 0 heterocycles. The highest BCUT2D eigenvalue weighted by Crippen LogP contribution is 2.22. The van der Waals surface area contributed by atoms with E-state index in [1.807, 2.05) is 36.6 Å². The summed E-state index contributed by atoms with van der Waals surface area (Å²) in [5.74, 6) is -0.411. The summed E-state index contributed by atoms with van der Waals surface area (Å²) in [6.45, 7) is 1.40. The lowest BCUT2D eigenvalue weighted by Gasteiger charge is -2.10. The van der Waals surface area contributed by atoms with Crippen LogP contribution in [-0.2, 0) is 9.59 Å². The number of carbonyl (C=O) groups is 2. The number of rotatable bonds is 5. The standard InChI is InChI=1S/C12H16N2O2S/c1-9(15)7-12(16)13-10-5-4-6-11(8-10)17-14(2)3/h4-6,8H,7H2,1-3H3,(H,13,16). The number of ketones is 1. The summed E-state index contributed by atoms with van der Waals surface area (Å²) in [4.78, 5) is 23.2. The molecule has 92 valence electrons. The fourth-order valence-electron chi connectivity index (χ4n) is 1.27. The first-order valence-corrected chi connectivity index (χ1v) is 5.99. The second-order valence-electron chi connectivity index (χ2n) is 3.86. The Balaban J connectivity index is 2.65. The van der Waals surface area contributed by atoms with Gasteiger partial charge in [0.05, 0.1) is 6.42 Å². The van der Waals surface area contributed by atoms with Crippen LogP contribution in [0.4, 0.5) is 5.69 Å². The van der Waals surface area contributed by atoms with Gasteiger partial charge in [-0.25, -0.2) is 0 Å². The first kappa shape index (κ1) is 13.7. The van der Waals surface area contributed by atoms with E-state index in [9.17, 15) is 9.59 Å². The van der Waals surface area contributed by atoms with Crippen LogP contribution in [0.1, 0.15) is 13.3 Å². The third kappa shape index (κ3) is 5.51. The zero-order chi connectivity index (χ0) is 12.8. The lowest BCUT2D eigenvalue weighted by atomic mass is 10.2. The molecule has 0 bridgehead atoms. The average molecular weight is 252 g/mol. The topological polar surface area (TPSA) is 49.4 Å². The molecule has 0 radical (unpaired) electrons. The van der Waals surface area contributed by atoms with Crippen LogP contribution in [0.5, 0.6) is 0 Å². The Hall–Kier alpha value is -1.33. The quantitative estimate of drug-likeness (QED) is 0.644. The predicted octanol–water partition coefficient (Wildman–Crippen LogP) is 2.17. The minimum absolute atomic E-state index is 0.0783. The molecule has 0 aromatic heterocycles. The van der Waals surface area contributed by atoms with Crippen molar-refractivity contribution in [1.82, 2.24) is 4.31 Å². The van der Waals surface area contributed by atoms with Crippen molar-refractivity contribution in [3.63, 3.8) is 0 Å². The van der Waals surface area contributed by atoms with E-state index < -0.39 is 0 Å². The lowest BCUT2D eigenvalue weighted by Crippen LogP contribution is -2.14. The Morgan fingerprint density at radius 2 is 2.06 bits per heavy atom. The molecule has 0 aliphatic carbocycles. The van der Waals surface area contributed by atoms with Gasteiger partial charge in [0.2, 0.25) is 5.91 Å². The monoisotopic (exact) mass is 252 g/mol. The highest BCUT2D eigenvalue weighted by molar-refractivity contribution is 7.97. The second kappa shape index (κ2) is 6.42. The maximum atomic E-state index is 11.4. The van der Waals surface area contributed by atoms with Crippen molar-refractivity contribution in [3.8, 4) is 0 Å². The molecule has 17 heavy (non-hydrogen) atoms. The summed E-state index contributed by atoms with van der Waals surface area (Å²) in [5, 5.41) is 2.70. The van der Waals surface area contributed by atoms with Crippen molar-refractivity contribution in [2.75, 3.05) is 19.4 Å². The highest BCUT2D eigenvalue weighted by atomic mass is 32.2. The number of anilines is 1. The summed E-state index contributed by atoms with van der Waals surface area (Å²) in [7, 11) is 3.90. The number of amides is 1. The third-order valence-corrected chi connectivity index (χ3v) is 2.65. The van der Waals surface area contributed by atoms with Gasteiger partial charge in [-0.15, -0.1) is 0 Å². The van der Waals surface area contributed by atoms with Crippen LogP contribution in [0.2, 0.25) is 0 Å². The van der Waals surface area contributed by atoms with Gasteiger partial charge in [-0.3, -0.25) is 13.9 Å². The maximum absolute atomic E-state index is 11.4. The minimum atomic E-state index is -0.274. The number of hydrogen-bond acceptors (Lipinski definition) is 4. The molecule has 0 atom stereocenters. The van der Waals surface area contributed by atoms with Gasteiger partial charge in [0, 0.05) is 10.6 Å². The molecule has 0 spiro atoms. The van der Waals surface area contributed by atoms with E-state index in [1.54, 1.807) is 18.0 Å². The van der Waals surface area contributed by atoms with Crippen LogP contribution >= 0.6 is 11.9 Å². The molecule has 1 aromatic carbocycles. The van der Waals surface area contributed by atoms with Crippen molar-refractivity contribution >= 4 is 29.3 Å². The summed E-state index contributed by atoms with van der Waals surface area (Å²) in [6, 6.07) is 7.51. The first-order chi connectivity index (χ1) is 7.97. The average Bonchev–Trinajstić information content (AvgIpc) is 2.14. The highest BCUT2D eigenvalue weighted by Gasteiger charge is 2.06. The Labute approximate surface area is 106 Å². The smallest absolute Gasteiger partial charge is 0.231 e. The number of nitrogens with zero attached hydrogens (tertiary/aromatic N) is 1. The van der Waals surface area contributed by atoms with Gasteiger partial charge in [0.15, 0.2) is 0 Å². The summed E-state index contributed by atoms with van der Waals surface area (Å²) in [6.07, 6.45) is -0.0783. The number of hydrogen-bond donors (Lipinski definition) is 1. The van der Waals surface area contributed by atoms with E-state index >= 15 is 0 Å². The fourth-order valence-corrected chi connectivity index (χ4v) is 2.01. The zero-order valence-electron chi connectivity index (χ0n) is 10.2. The molecule has 5 heteroatoms. The van der Waals surface area contributed by atoms with Gasteiger partial charge in [-0.2, -0.15) is 0 Å². The summed E-state index contributed by atoms with van der Waals surface area (Å²) < 4.78 is 1.97. The zero-order valence-corrected chi connectivity index (χ0v) is 11.0. The molecule has 0 saturated carbocycles. The number of Topliss-reactive ketones (excluding diaryl/α,β-unsaturated/α-hetero) is 1. The van der Waals surface area contributed by atoms with Crippen LogP contribution < -0.4 is 5.32 Å². The molecule has 0 fully saturated rings. The molecule has 1 rings (SSSR count). The molecule has 1 amide bonds. The maximum Gasteiger partial charge on any atom is 0.231 e. The molecule has 1 N–H and O–H groups in total. The van der Waals surface area contributed by atoms with Gasteiger partial charge >= 0.3 is 0 Å². The molecular formula is C12H16N2O2S. The molecule has 0 aliphatic heterocycles. The van der Waals surface area contributed by atoms with Crippen LogP contribution in [-0.4, -0.2) is 30.1 Å². The number of nitrogens with one attached hydrogen (secondary N) is 1. The van der Waals surface area contributed by atoms with Crippen LogP contribution in [0, 0.1) is 0 Å². The van der Waals surface area contributed by atoms with E-state index in [2.05, 4.69) is 5.32 Å². The molecule has 4 nitrogen and oxygen atoms in total.